The van der Waals surface area contributed by atoms with Gasteiger partial charge >= 0.3 is 21.5 Å². The highest BCUT2D eigenvalue weighted by Crippen LogP contribution is 2.39. The van der Waals surface area contributed by atoms with Crippen LogP contribution in [0.1, 0.15) is 32.6 Å². The first kappa shape index (κ1) is 30.7. The molecule has 3 aromatic carbocycles. The monoisotopic (exact) mass is 591 g/mol. The fourth-order valence-electron chi connectivity index (χ4n) is 3.61. The Kier molecular flexibility index (Phi) is 10.2. The first-order valence-corrected chi connectivity index (χ1v) is 14.7. The first-order valence-electron chi connectivity index (χ1n) is 12.0. The Bertz CT molecular complexity index is 1280. The quantitative estimate of drug-likeness (QED) is 0.0963. The summed E-state index contributed by atoms with van der Waals surface area (Å²) in [5, 5.41) is -5.61. The summed E-state index contributed by atoms with van der Waals surface area (Å²) in [4.78, 5) is 2.41. The first-order chi connectivity index (χ1) is 18.3. The Morgan fingerprint density at radius 2 is 1.28 bits per heavy atom. The van der Waals surface area contributed by atoms with Crippen molar-refractivity contribution >= 4 is 21.0 Å². The van der Waals surface area contributed by atoms with E-state index in [9.17, 15) is 30.4 Å². The molecular formula is C27H28F5O5S2+. The van der Waals surface area contributed by atoms with Gasteiger partial charge in [-0.1, -0.05) is 44.4 Å². The summed E-state index contributed by atoms with van der Waals surface area (Å²) in [6.45, 7) is 2.73. The lowest BCUT2D eigenvalue weighted by Gasteiger charge is -2.26. The summed E-state index contributed by atoms with van der Waals surface area (Å²) >= 11 is 0. The average Bonchev–Trinajstić information content (AvgIpc) is 2.88. The molecule has 0 aromatic heterocycles. The van der Waals surface area contributed by atoms with Crippen molar-refractivity contribution in [3.63, 3.8) is 0 Å². The minimum Gasteiger partial charge on any atom is -0.494 e. The van der Waals surface area contributed by atoms with Crippen LogP contribution in [0.25, 0.3) is 0 Å². The van der Waals surface area contributed by atoms with Crippen molar-refractivity contribution < 1.29 is 44.4 Å². The Hall–Kier alpha value is -2.83. The van der Waals surface area contributed by atoms with Crippen LogP contribution in [0.4, 0.5) is 22.0 Å². The van der Waals surface area contributed by atoms with Crippen LogP contribution in [0.3, 0.4) is 0 Å². The van der Waals surface area contributed by atoms with Gasteiger partial charge in [-0.15, -0.1) is 0 Å². The molecule has 5 nitrogen and oxygen atoms in total. The van der Waals surface area contributed by atoms with Gasteiger partial charge in [-0.2, -0.15) is 30.4 Å². The maximum Gasteiger partial charge on any atom is 0.432 e. The Morgan fingerprint density at radius 1 is 0.769 bits per heavy atom. The van der Waals surface area contributed by atoms with E-state index in [4.69, 9.17) is 9.29 Å². The van der Waals surface area contributed by atoms with E-state index in [1.807, 2.05) is 54.6 Å². The molecule has 0 aliphatic heterocycles. The molecule has 3 aromatic rings. The summed E-state index contributed by atoms with van der Waals surface area (Å²) in [6.07, 6.45) is -5.58. The smallest absolute Gasteiger partial charge is 0.432 e. The fourth-order valence-corrected chi connectivity index (χ4v) is 6.12. The van der Waals surface area contributed by atoms with Crippen molar-refractivity contribution in [3.05, 3.63) is 78.9 Å². The highest BCUT2D eigenvalue weighted by atomic mass is 32.2. The van der Waals surface area contributed by atoms with E-state index in [0.717, 1.165) is 47.6 Å². The highest BCUT2D eigenvalue weighted by Gasteiger charge is 2.65. The fraction of sp³-hybridized carbons (Fsp3) is 0.333. The molecule has 0 amide bonds. The molecular weight excluding hydrogens is 563 g/mol. The molecule has 0 saturated carbocycles. The predicted molar refractivity (Wildman–Crippen MR) is 138 cm³/mol. The van der Waals surface area contributed by atoms with Gasteiger partial charge in [0.15, 0.2) is 14.7 Å². The van der Waals surface area contributed by atoms with Gasteiger partial charge in [0.25, 0.3) is 6.10 Å². The van der Waals surface area contributed by atoms with E-state index in [-0.39, 0.29) is 0 Å². The van der Waals surface area contributed by atoms with Gasteiger partial charge in [-0.05, 0) is 67.1 Å². The molecule has 2 unspecified atom stereocenters. The Balaban J connectivity index is 1.86. The molecule has 0 spiro atoms. The van der Waals surface area contributed by atoms with Crippen LogP contribution in [-0.4, -0.2) is 37.1 Å². The van der Waals surface area contributed by atoms with Crippen LogP contribution in [0.2, 0.25) is 0 Å². The lowest BCUT2D eigenvalue weighted by atomic mass is 10.2. The lowest BCUT2D eigenvalue weighted by molar-refractivity contribution is -0.239. The van der Waals surface area contributed by atoms with Crippen molar-refractivity contribution in [2.24, 2.45) is 0 Å². The summed E-state index contributed by atoms with van der Waals surface area (Å²) in [5.74, 6) is 0.0568. The highest BCUT2D eigenvalue weighted by molar-refractivity contribution is 7.97. The number of unbranched alkanes of at least 4 members (excludes halogenated alkanes) is 3. The van der Waals surface area contributed by atoms with E-state index >= 15 is 0 Å². The molecule has 0 radical (unpaired) electrons. The second-order valence-electron chi connectivity index (χ2n) is 8.55. The molecule has 0 bridgehead atoms. The van der Waals surface area contributed by atoms with Crippen molar-refractivity contribution in [2.75, 3.05) is 6.61 Å². The van der Waals surface area contributed by atoms with Gasteiger partial charge in [-0.25, -0.2) is 0 Å². The number of hydrogen-bond acceptors (Lipinski definition) is 4. The second-order valence-corrected chi connectivity index (χ2v) is 12.1. The van der Waals surface area contributed by atoms with Crippen LogP contribution in [0.5, 0.6) is 11.5 Å². The molecule has 1 N–H and O–H groups in total. The average molecular weight is 592 g/mol. The van der Waals surface area contributed by atoms with Crippen LogP contribution in [-0.2, 0) is 21.0 Å². The summed E-state index contributed by atoms with van der Waals surface area (Å²) < 4.78 is 108. The molecule has 3 rings (SSSR count). The van der Waals surface area contributed by atoms with Gasteiger partial charge in [0.05, 0.1) is 17.5 Å². The summed E-state index contributed by atoms with van der Waals surface area (Å²) in [6, 6.07) is 21.7. The van der Waals surface area contributed by atoms with Gasteiger partial charge in [0.1, 0.15) is 11.5 Å². The van der Waals surface area contributed by atoms with Gasteiger partial charge < -0.3 is 9.47 Å². The zero-order chi connectivity index (χ0) is 28.7. The number of rotatable bonds is 13. The molecule has 39 heavy (non-hydrogen) atoms. The van der Waals surface area contributed by atoms with Crippen LogP contribution in [0.15, 0.2) is 93.5 Å². The number of alkyl halides is 5. The normalized spacial score (nSPS) is 14.0. The largest absolute Gasteiger partial charge is 0.494 e. The molecule has 0 aliphatic rings. The standard InChI is InChI=1S/C27H27F5O5S2/c1-2-3-4-8-19-36-20-11-15-23(16-12-20)38(22-9-6-5-7-10-22)24-17-13-21(14-18-24)37-25(26(28,29)30)27(31,32)39(33,34)35/h5-7,9-18,25H,2-4,8,19H2,1H3/p+1. The maximum atomic E-state index is 13.9. The van der Waals surface area contributed by atoms with E-state index < -0.39 is 44.3 Å². The number of halogens is 5. The third-order valence-electron chi connectivity index (χ3n) is 5.56. The zero-order valence-electron chi connectivity index (χ0n) is 20.9. The maximum absolute atomic E-state index is 13.9. The van der Waals surface area contributed by atoms with E-state index in [1.54, 1.807) is 0 Å². The predicted octanol–water partition coefficient (Wildman–Crippen LogP) is 7.53. The van der Waals surface area contributed by atoms with Crippen LogP contribution < -0.4 is 9.47 Å². The third kappa shape index (κ3) is 8.09. The molecule has 0 fully saturated rings. The van der Waals surface area contributed by atoms with Crippen LogP contribution in [0, 0.1) is 0 Å². The number of benzene rings is 3. The number of ether oxygens (including phenoxy) is 2. The lowest BCUT2D eigenvalue weighted by Crippen LogP contribution is -2.53. The van der Waals surface area contributed by atoms with Crippen molar-refractivity contribution in [1.82, 2.24) is 0 Å². The van der Waals surface area contributed by atoms with Crippen LogP contribution >= 0.6 is 0 Å². The van der Waals surface area contributed by atoms with E-state index in [2.05, 4.69) is 11.7 Å². The summed E-state index contributed by atoms with van der Waals surface area (Å²) in [5.41, 5.74) is 0. The molecule has 2 atom stereocenters. The van der Waals surface area contributed by atoms with Crippen molar-refractivity contribution in [1.29, 1.82) is 0 Å². The van der Waals surface area contributed by atoms with Crippen molar-refractivity contribution in [3.8, 4) is 11.5 Å². The van der Waals surface area contributed by atoms with Gasteiger partial charge in [0, 0.05) is 0 Å². The molecule has 12 heteroatoms. The molecule has 0 aliphatic carbocycles. The Labute approximate surface area is 227 Å². The molecule has 0 saturated heterocycles. The molecule has 212 valence electrons. The van der Waals surface area contributed by atoms with E-state index in [0.29, 0.717) is 17.3 Å². The topological polar surface area (TPSA) is 72.8 Å². The SMILES string of the molecule is CCCCCCOc1ccc([S+](c2ccccc2)c2ccc(OC(C(F)(F)F)C(F)(F)S(=O)(=O)O)cc2)cc1. The van der Waals surface area contributed by atoms with Crippen molar-refractivity contribution in [2.45, 2.75) is 64.8 Å². The minimum absolute atomic E-state index is 0.598. The van der Waals surface area contributed by atoms with Gasteiger partial charge in [-0.3, -0.25) is 4.55 Å². The van der Waals surface area contributed by atoms with Gasteiger partial charge in [0.2, 0.25) is 0 Å². The van der Waals surface area contributed by atoms with E-state index in [1.165, 1.54) is 12.1 Å². The number of hydrogen-bond donors (Lipinski definition) is 1. The zero-order valence-corrected chi connectivity index (χ0v) is 22.5. The molecule has 0 heterocycles. The summed E-state index contributed by atoms with van der Waals surface area (Å²) in [7, 11) is -7.12. The second kappa shape index (κ2) is 13.0. The Morgan fingerprint density at radius 3 is 1.77 bits per heavy atom. The minimum atomic E-state index is -6.40. The third-order valence-corrected chi connectivity index (χ3v) is 8.70.